The number of likely N-dealkylation sites (tertiary alicyclic amines) is 1. The second-order valence-corrected chi connectivity index (χ2v) is 8.23. The Hall–Kier alpha value is -3.73. The first-order chi connectivity index (χ1) is 16.8. The van der Waals surface area contributed by atoms with Crippen molar-refractivity contribution in [3.63, 3.8) is 0 Å². The maximum Gasteiger partial charge on any atom is 0.211 e. The van der Waals surface area contributed by atoms with E-state index in [1.807, 2.05) is 30.5 Å². The Labute approximate surface area is 201 Å². The summed E-state index contributed by atoms with van der Waals surface area (Å²) >= 11 is 0. The van der Waals surface area contributed by atoms with Gasteiger partial charge in [0.25, 0.3) is 0 Å². The zero-order chi connectivity index (χ0) is 23.4. The molecule has 34 heavy (non-hydrogen) atoms. The van der Waals surface area contributed by atoms with Crippen molar-refractivity contribution in [3.05, 3.63) is 96.3 Å². The number of nitrogens with zero attached hydrogens (tertiary/aromatic N) is 4. The largest absolute Gasteiger partial charge is 0.365 e. The lowest BCUT2D eigenvalue weighted by atomic mass is 10.00. The van der Waals surface area contributed by atoms with Crippen LogP contribution in [0.2, 0.25) is 0 Å². The molecule has 0 atom stereocenters. The summed E-state index contributed by atoms with van der Waals surface area (Å²) in [4.78, 5) is 10.3. The SMILES string of the molecule is N#CN=C(NCCN1CCC(OC(c2ccccc2)c2ccccc2)CC1)Nc1ccncc1. The number of benzene rings is 2. The van der Waals surface area contributed by atoms with E-state index in [0.29, 0.717) is 12.5 Å². The van der Waals surface area contributed by atoms with Crippen LogP contribution in [0.3, 0.4) is 0 Å². The molecule has 0 aliphatic carbocycles. The average molecular weight is 455 g/mol. The van der Waals surface area contributed by atoms with Crippen LogP contribution in [0.15, 0.2) is 90.2 Å². The number of rotatable bonds is 8. The molecule has 1 aromatic heterocycles. The molecule has 7 nitrogen and oxygen atoms in total. The van der Waals surface area contributed by atoms with Crippen molar-refractivity contribution in [2.24, 2.45) is 4.99 Å². The summed E-state index contributed by atoms with van der Waals surface area (Å²) in [6.45, 7) is 3.52. The van der Waals surface area contributed by atoms with Gasteiger partial charge in [-0.1, -0.05) is 60.7 Å². The molecule has 1 aliphatic heterocycles. The lowest BCUT2D eigenvalue weighted by molar-refractivity contribution is -0.0266. The summed E-state index contributed by atoms with van der Waals surface area (Å²) in [5.41, 5.74) is 3.21. The third-order valence-corrected chi connectivity index (χ3v) is 5.89. The van der Waals surface area contributed by atoms with E-state index in [-0.39, 0.29) is 12.2 Å². The monoisotopic (exact) mass is 454 g/mol. The standard InChI is InChI=1S/C27H30N6O/c28-21-31-27(32-24-11-15-29-16-12-24)30-17-20-33-18-13-25(14-19-33)34-26(22-7-3-1-4-8-22)23-9-5-2-6-10-23/h1-12,15-16,25-26H,13-14,17-20H2,(H2,29,30,31,32). The Kier molecular flexibility index (Phi) is 8.61. The molecule has 0 radical (unpaired) electrons. The Morgan fingerprint density at radius 2 is 1.62 bits per heavy atom. The first kappa shape index (κ1) is 23.4. The van der Waals surface area contributed by atoms with Crippen LogP contribution in [0, 0.1) is 11.5 Å². The fraction of sp³-hybridized carbons (Fsp3) is 0.296. The number of nitrogens with one attached hydrogen (secondary N) is 2. The lowest BCUT2D eigenvalue weighted by Crippen LogP contribution is -2.42. The zero-order valence-corrected chi connectivity index (χ0v) is 19.2. The van der Waals surface area contributed by atoms with Gasteiger partial charge in [-0.3, -0.25) is 4.98 Å². The molecule has 4 rings (SSSR count). The van der Waals surface area contributed by atoms with Gasteiger partial charge >= 0.3 is 0 Å². The van der Waals surface area contributed by atoms with Gasteiger partial charge < -0.3 is 20.3 Å². The number of ether oxygens (including phenoxy) is 1. The predicted molar refractivity (Wildman–Crippen MR) is 134 cm³/mol. The van der Waals surface area contributed by atoms with Crippen LogP contribution >= 0.6 is 0 Å². The van der Waals surface area contributed by atoms with Crippen LogP contribution in [0.25, 0.3) is 0 Å². The van der Waals surface area contributed by atoms with Crippen molar-refractivity contribution >= 4 is 11.6 Å². The summed E-state index contributed by atoms with van der Waals surface area (Å²) in [6.07, 6.45) is 7.38. The van der Waals surface area contributed by atoms with Crippen molar-refractivity contribution in [1.82, 2.24) is 15.2 Å². The third-order valence-electron chi connectivity index (χ3n) is 5.89. The quantitative estimate of drug-likeness (QED) is 0.302. The maximum atomic E-state index is 8.97. The second kappa shape index (κ2) is 12.5. The van der Waals surface area contributed by atoms with Crippen molar-refractivity contribution in [2.45, 2.75) is 25.0 Å². The smallest absolute Gasteiger partial charge is 0.211 e. The highest BCUT2D eigenvalue weighted by Crippen LogP contribution is 2.29. The highest BCUT2D eigenvalue weighted by molar-refractivity contribution is 5.94. The molecule has 3 aromatic rings. The van der Waals surface area contributed by atoms with Gasteiger partial charge in [-0.05, 0) is 36.1 Å². The fourth-order valence-electron chi connectivity index (χ4n) is 4.13. The van der Waals surface area contributed by atoms with E-state index >= 15 is 0 Å². The number of nitriles is 1. The molecule has 1 saturated heterocycles. The number of aromatic nitrogens is 1. The van der Waals surface area contributed by atoms with Gasteiger partial charge in [0.1, 0.15) is 6.10 Å². The molecular formula is C27H30N6O. The molecule has 0 amide bonds. The summed E-state index contributed by atoms with van der Waals surface area (Å²) in [5, 5.41) is 15.3. The molecular weight excluding hydrogens is 424 g/mol. The maximum absolute atomic E-state index is 8.97. The van der Waals surface area contributed by atoms with E-state index in [1.165, 1.54) is 11.1 Å². The van der Waals surface area contributed by atoms with E-state index in [9.17, 15) is 0 Å². The van der Waals surface area contributed by atoms with Crippen molar-refractivity contribution in [3.8, 4) is 6.19 Å². The van der Waals surface area contributed by atoms with E-state index < -0.39 is 0 Å². The van der Waals surface area contributed by atoms with Crippen LogP contribution in [0.1, 0.15) is 30.1 Å². The molecule has 0 spiro atoms. The first-order valence-corrected chi connectivity index (χ1v) is 11.7. The number of hydrogen-bond donors (Lipinski definition) is 2. The van der Waals surface area contributed by atoms with Gasteiger partial charge in [0.2, 0.25) is 12.2 Å². The van der Waals surface area contributed by atoms with E-state index in [0.717, 1.165) is 38.2 Å². The minimum absolute atomic E-state index is 0.0513. The minimum Gasteiger partial charge on any atom is -0.365 e. The number of aliphatic imine (C=N–C) groups is 1. The zero-order valence-electron chi connectivity index (χ0n) is 19.2. The number of piperidine rings is 1. The Bertz CT molecular complexity index is 1020. The summed E-state index contributed by atoms with van der Waals surface area (Å²) in [7, 11) is 0. The number of guanidine groups is 1. The van der Waals surface area contributed by atoms with Crippen LogP contribution in [-0.4, -0.2) is 48.1 Å². The van der Waals surface area contributed by atoms with Gasteiger partial charge in [0.05, 0.1) is 6.10 Å². The highest BCUT2D eigenvalue weighted by Gasteiger charge is 2.24. The Balaban J connectivity index is 1.26. The van der Waals surface area contributed by atoms with Crippen molar-refractivity contribution < 1.29 is 4.74 Å². The normalized spacial score (nSPS) is 15.1. The molecule has 2 N–H and O–H groups in total. The van der Waals surface area contributed by atoms with Crippen LogP contribution < -0.4 is 10.6 Å². The molecule has 0 bridgehead atoms. The molecule has 0 unspecified atom stereocenters. The summed E-state index contributed by atoms with van der Waals surface area (Å²) < 4.78 is 6.64. The van der Waals surface area contributed by atoms with Crippen molar-refractivity contribution in [2.75, 3.05) is 31.5 Å². The molecule has 7 heteroatoms. The van der Waals surface area contributed by atoms with Crippen LogP contribution in [-0.2, 0) is 4.74 Å². The summed E-state index contributed by atoms with van der Waals surface area (Å²) in [5.74, 6) is 0.445. The molecule has 174 valence electrons. The number of hydrogen-bond acceptors (Lipinski definition) is 5. The second-order valence-electron chi connectivity index (χ2n) is 8.23. The molecule has 1 fully saturated rings. The van der Waals surface area contributed by atoms with Gasteiger partial charge in [0, 0.05) is 44.3 Å². The fourth-order valence-corrected chi connectivity index (χ4v) is 4.13. The van der Waals surface area contributed by atoms with Gasteiger partial charge in [-0.2, -0.15) is 5.26 Å². The van der Waals surface area contributed by atoms with Gasteiger partial charge in [0.15, 0.2) is 0 Å². The number of anilines is 1. The van der Waals surface area contributed by atoms with E-state index in [1.54, 1.807) is 12.4 Å². The third kappa shape index (κ3) is 6.88. The highest BCUT2D eigenvalue weighted by atomic mass is 16.5. The van der Waals surface area contributed by atoms with Gasteiger partial charge in [-0.25, -0.2) is 0 Å². The molecule has 0 saturated carbocycles. The van der Waals surface area contributed by atoms with E-state index in [4.69, 9.17) is 10.00 Å². The Morgan fingerprint density at radius 1 is 1.00 bits per heavy atom. The molecule has 2 heterocycles. The minimum atomic E-state index is -0.0513. The van der Waals surface area contributed by atoms with Gasteiger partial charge in [-0.15, -0.1) is 4.99 Å². The molecule has 1 aliphatic rings. The van der Waals surface area contributed by atoms with Crippen LogP contribution in [0.5, 0.6) is 0 Å². The summed E-state index contributed by atoms with van der Waals surface area (Å²) in [6, 6.07) is 24.6. The predicted octanol–water partition coefficient (Wildman–Crippen LogP) is 4.19. The lowest BCUT2D eigenvalue weighted by Gasteiger charge is -2.34. The van der Waals surface area contributed by atoms with Crippen LogP contribution in [0.4, 0.5) is 5.69 Å². The first-order valence-electron chi connectivity index (χ1n) is 11.7. The number of pyridine rings is 1. The average Bonchev–Trinajstić information content (AvgIpc) is 2.90. The Morgan fingerprint density at radius 3 is 2.21 bits per heavy atom. The molecule has 2 aromatic carbocycles. The van der Waals surface area contributed by atoms with E-state index in [2.05, 4.69) is 74.0 Å². The topological polar surface area (TPSA) is 85.6 Å². The van der Waals surface area contributed by atoms with Crippen molar-refractivity contribution in [1.29, 1.82) is 5.26 Å².